The van der Waals surface area contributed by atoms with Gasteiger partial charge in [-0.25, -0.2) is 4.79 Å². The van der Waals surface area contributed by atoms with Gasteiger partial charge >= 0.3 is 19.2 Å². The van der Waals surface area contributed by atoms with Crippen LogP contribution in [0.3, 0.4) is 0 Å². The number of hydrogen-bond acceptors (Lipinski definition) is 6. The second-order valence-electron chi connectivity index (χ2n) is 13.5. The molecule has 1 heterocycles. The third-order valence-electron chi connectivity index (χ3n) is 8.80. The Bertz CT molecular complexity index is 1490. The highest BCUT2D eigenvalue weighted by Gasteiger charge is 2.52. The molecule has 0 spiro atoms. The number of carbonyl (C=O) groups excluding carboxylic acids is 2. The smallest absolute Gasteiger partial charge is 0.460 e. The van der Waals surface area contributed by atoms with Crippen molar-refractivity contribution >= 4 is 30.3 Å². The van der Waals surface area contributed by atoms with Crippen LogP contribution in [0, 0.1) is 6.92 Å². The van der Waals surface area contributed by atoms with E-state index in [0.29, 0.717) is 5.69 Å². The Hall–Kier alpha value is -3.62. The summed E-state index contributed by atoms with van der Waals surface area (Å²) in [6.07, 6.45) is -0.448. The maximum atomic E-state index is 13.5. The first-order valence-corrected chi connectivity index (χ1v) is 14.9. The Balaban J connectivity index is 1.42. The molecule has 1 fully saturated rings. The normalized spacial score (nSPS) is 16.9. The zero-order chi connectivity index (χ0) is 31.3. The highest BCUT2D eigenvalue weighted by molar-refractivity contribution is 6.62. The molecular formula is C35H42BNO6. The van der Waals surface area contributed by atoms with Crippen LogP contribution in [-0.4, -0.2) is 49.6 Å². The lowest BCUT2D eigenvalue weighted by atomic mass is 9.74. The minimum Gasteiger partial charge on any atom is -0.460 e. The van der Waals surface area contributed by atoms with Gasteiger partial charge < -0.3 is 18.8 Å². The van der Waals surface area contributed by atoms with Crippen molar-refractivity contribution in [3.8, 4) is 11.1 Å². The molecule has 1 saturated heterocycles. The van der Waals surface area contributed by atoms with E-state index in [9.17, 15) is 9.59 Å². The Morgan fingerprint density at radius 3 is 1.98 bits per heavy atom. The van der Waals surface area contributed by atoms with Gasteiger partial charge in [0, 0.05) is 18.7 Å². The Morgan fingerprint density at radius 1 is 0.907 bits per heavy atom. The lowest BCUT2D eigenvalue weighted by molar-refractivity contribution is -0.153. The van der Waals surface area contributed by atoms with Crippen LogP contribution in [0.15, 0.2) is 60.7 Å². The van der Waals surface area contributed by atoms with Gasteiger partial charge in [0.1, 0.15) is 12.2 Å². The van der Waals surface area contributed by atoms with E-state index >= 15 is 0 Å². The summed E-state index contributed by atoms with van der Waals surface area (Å²) >= 11 is 0. The molecule has 2 aliphatic rings. The van der Waals surface area contributed by atoms with E-state index in [1.807, 2.05) is 91.8 Å². The molecule has 0 bridgehead atoms. The van der Waals surface area contributed by atoms with Crippen molar-refractivity contribution in [2.24, 2.45) is 0 Å². The third-order valence-corrected chi connectivity index (χ3v) is 8.80. The fourth-order valence-electron chi connectivity index (χ4n) is 5.70. The van der Waals surface area contributed by atoms with Crippen molar-refractivity contribution in [3.05, 3.63) is 82.9 Å². The molecule has 3 aromatic carbocycles. The molecule has 0 radical (unpaired) electrons. The predicted molar refractivity (Wildman–Crippen MR) is 170 cm³/mol. The molecule has 0 unspecified atom stereocenters. The summed E-state index contributed by atoms with van der Waals surface area (Å²) in [6.45, 7) is 15.7. The van der Waals surface area contributed by atoms with Crippen LogP contribution in [0.1, 0.15) is 76.6 Å². The summed E-state index contributed by atoms with van der Waals surface area (Å²) in [5, 5.41) is 0. The van der Waals surface area contributed by atoms with Crippen LogP contribution in [0.2, 0.25) is 0 Å². The molecule has 0 N–H and O–H groups in total. The molecule has 1 aliphatic heterocycles. The molecule has 43 heavy (non-hydrogen) atoms. The summed E-state index contributed by atoms with van der Waals surface area (Å²) in [5.41, 5.74) is 5.84. The zero-order valence-corrected chi connectivity index (χ0v) is 26.7. The fraction of sp³-hybridized carbons (Fsp3) is 0.429. The Kier molecular flexibility index (Phi) is 7.99. The van der Waals surface area contributed by atoms with E-state index < -0.39 is 30.0 Å². The maximum Gasteiger partial charge on any atom is 0.495 e. The summed E-state index contributed by atoms with van der Waals surface area (Å²) in [5.74, 6) is -0.401. The average molecular weight is 584 g/mol. The second kappa shape index (κ2) is 11.1. The number of benzene rings is 3. The van der Waals surface area contributed by atoms with Crippen LogP contribution in [0.4, 0.5) is 10.5 Å². The maximum absolute atomic E-state index is 13.5. The van der Waals surface area contributed by atoms with Gasteiger partial charge in [0.15, 0.2) is 0 Å². The summed E-state index contributed by atoms with van der Waals surface area (Å²) in [4.78, 5) is 27.9. The highest BCUT2D eigenvalue weighted by Crippen LogP contribution is 2.44. The molecule has 7 nitrogen and oxygen atoms in total. The van der Waals surface area contributed by atoms with Gasteiger partial charge in [0.05, 0.1) is 17.6 Å². The van der Waals surface area contributed by atoms with Crippen molar-refractivity contribution in [1.29, 1.82) is 0 Å². The number of carbonyl (C=O) groups is 2. The number of fused-ring (bicyclic) bond motifs is 3. The van der Waals surface area contributed by atoms with Crippen LogP contribution < -0.4 is 10.4 Å². The van der Waals surface area contributed by atoms with E-state index in [1.54, 1.807) is 7.05 Å². The molecule has 1 amide bonds. The van der Waals surface area contributed by atoms with Gasteiger partial charge in [-0.15, -0.1) is 0 Å². The first kappa shape index (κ1) is 30.8. The quantitative estimate of drug-likeness (QED) is 0.242. The van der Waals surface area contributed by atoms with Gasteiger partial charge in [-0.1, -0.05) is 48.5 Å². The summed E-state index contributed by atoms with van der Waals surface area (Å²) in [7, 11) is 1.01. The average Bonchev–Trinajstić information content (AvgIpc) is 3.35. The van der Waals surface area contributed by atoms with Gasteiger partial charge in [0.2, 0.25) is 0 Å². The van der Waals surface area contributed by atoms with Crippen molar-refractivity contribution in [2.45, 2.75) is 84.5 Å². The van der Waals surface area contributed by atoms with Crippen molar-refractivity contribution in [1.82, 2.24) is 0 Å². The van der Waals surface area contributed by atoms with Crippen LogP contribution in [-0.2, 0) is 30.0 Å². The second-order valence-corrected chi connectivity index (χ2v) is 13.5. The van der Waals surface area contributed by atoms with E-state index in [1.165, 1.54) is 16.0 Å². The van der Waals surface area contributed by atoms with E-state index in [0.717, 1.165) is 27.7 Å². The lowest BCUT2D eigenvalue weighted by Gasteiger charge is -2.32. The number of rotatable bonds is 6. The van der Waals surface area contributed by atoms with E-state index in [-0.39, 0.29) is 24.9 Å². The minimum absolute atomic E-state index is 0.0436. The monoisotopic (exact) mass is 583 g/mol. The molecule has 5 rings (SSSR count). The summed E-state index contributed by atoms with van der Waals surface area (Å²) < 4.78 is 24.3. The third kappa shape index (κ3) is 6.08. The number of ether oxygens (including phenoxy) is 2. The largest absolute Gasteiger partial charge is 0.495 e. The van der Waals surface area contributed by atoms with Crippen LogP contribution in [0.25, 0.3) is 11.1 Å². The molecule has 0 aromatic heterocycles. The molecular weight excluding hydrogens is 541 g/mol. The van der Waals surface area contributed by atoms with Gasteiger partial charge in [0.25, 0.3) is 0 Å². The minimum atomic E-state index is -0.668. The number of esters is 1. The number of nitrogens with zero attached hydrogens (tertiary/aromatic N) is 1. The van der Waals surface area contributed by atoms with E-state index in [2.05, 4.69) is 24.3 Å². The zero-order valence-electron chi connectivity index (χ0n) is 26.7. The Morgan fingerprint density at radius 2 is 1.44 bits per heavy atom. The molecule has 8 heteroatoms. The van der Waals surface area contributed by atoms with Crippen molar-refractivity contribution < 1.29 is 28.4 Å². The number of hydrogen-bond donors (Lipinski definition) is 0. The molecule has 0 atom stereocenters. The molecule has 1 aliphatic carbocycles. The van der Waals surface area contributed by atoms with Crippen LogP contribution >= 0.6 is 0 Å². The highest BCUT2D eigenvalue weighted by atomic mass is 16.7. The fourth-order valence-corrected chi connectivity index (χ4v) is 5.70. The Labute approximate surface area is 255 Å². The molecule has 0 saturated carbocycles. The van der Waals surface area contributed by atoms with Gasteiger partial charge in [-0.2, -0.15) is 0 Å². The topological polar surface area (TPSA) is 74.3 Å². The first-order valence-electron chi connectivity index (χ1n) is 14.9. The number of anilines is 1. The SMILES string of the molecule is Cc1c(CC(=O)OC(C)(C)C)cc(N(C)C(=O)OCC2c3ccccc3-c3ccccc32)cc1B1OC(C)(C)C(C)(C)O1. The van der Waals surface area contributed by atoms with Crippen molar-refractivity contribution in [3.63, 3.8) is 0 Å². The lowest BCUT2D eigenvalue weighted by Crippen LogP contribution is -2.41. The van der Waals surface area contributed by atoms with Gasteiger partial charge in [-0.05, 0) is 106 Å². The van der Waals surface area contributed by atoms with Gasteiger partial charge in [-0.3, -0.25) is 9.69 Å². The first-order chi connectivity index (χ1) is 20.1. The van der Waals surface area contributed by atoms with Crippen LogP contribution in [0.5, 0.6) is 0 Å². The van der Waals surface area contributed by atoms with E-state index in [4.69, 9.17) is 18.8 Å². The molecule has 226 valence electrons. The number of amides is 1. The van der Waals surface area contributed by atoms with Crippen molar-refractivity contribution in [2.75, 3.05) is 18.6 Å². The summed E-state index contributed by atoms with van der Waals surface area (Å²) in [6, 6.07) is 20.2. The molecule has 3 aromatic rings. The standard InChI is InChI=1S/C35H42BNO6/c1-22-23(19-31(38)41-33(2,3)4)18-24(20-30(22)36-42-34(5,6)35(7,8)43-36)37(9)32(39)40-21-29-27-16-12-10-14-25(27)26-15-11-13-17-28(26)29/h10-18,20,29H,19,21H2,1-9H3. The predicted octanol–water partition coefficient (Wildman–Crippen LogP) is 6.56.